The van der Waals surface area contributed by atoms with Crippen LogP contribution in [0.5, 0.6) is 18.0 Å². The average molecular weight is 831 g/mol. The van der Waals surface area contributed by atoms with Crippen LogP contribution in [0.3, 0.4) is 0 Å². The fourth-order valence-electron chi connectivity index (χ4n) is 4.11. The highest BCUT2D eigenvalue weighted by molar-refractivity contribution is 5.95. The molecule has 60 heavy (non-hydrogen) atoms. The number of carbonyl (C=O) groups is 2. The smallest absolute Gasteiger partial charge is 0.338 e. The fourth-order valence-corrected chi connectivity index (χ4v) is 4.11. The molecule has 2 aromatic heterocycles. The maximum atomic E-state index is 12.0. The highest BCUT2D eigenvalue weighted by Crippen LogP contribution is 2.16. The maximum Gasteiger partial charge on any atom is 0.338 e. The van der Waals surface area contributed by atoms with Gasteiger partial charge >= 0.3 is 47.0 Å². The van der Waals surface area contributed by atoms with Crippen molar-refractivity contribution >= 4 is 11.9 Å². The van der Waals surface area contributed by atoms with Gasteiger partial charge in [0.1, 0.15) is 46.2 Å². The predicted molar refractivity (Wildman–Crippen MR) is 225 cm³/mol. The van der Waals surface area contributed by atoms with Gasteiger partial charge in [0.25, 0.3) is 0 Å². The van der Waals surface area contributed by atoms with Gasteiger partial charge in [0.05, 0.1) is 30.8 Å². The van der Waals surface area contributed by atoms with Crippen molar-refractivity contribution < 1.29 is 43.0 Å². The number of ether oxygens (including phenoxy) is 5. The molecule has 1 aromatic carbocycles. The molecule has 18 heteroatoms. The Kier molecular flexibility index (Phi) is 25.1. The first-order chi connectivity index (χ1) is 29.0. The van der Waals surface area contributed by atoms with Crippen LogP contribution in [0, 0.1) is 0 Å². The Bertz CT molecular complexity index is 1910. The average Bonchev–Trinajstić information content (AvgIpc) is 3.26. The molecule has 0 atom stereocenters. The largest absolute Gasteiger partial charge is 0.459 e. The fraction of sp³-hybridized carbons (Fsp3) is 0.238. The third-order valence-corrected chi connectivity index (χ3v) is 6.51. The number of aromatic nitrogens is 6. The number of carbonyl (C=O) groups excluding carboxylic acids is 2. The second kappa shape index (κ2) is 29.8. The van der Waals surface area contributed by atoms with Crippen molar-refractivity contribution in [2.45, 2.75) is 26.2 Å². The van der Waals surface area contributed by atoms with Crippen LogP contribution in [0.4, 0.5) is 0 Å². The molecule has 0 bridgehead atoms. The molecule has 0 aliphatic carbocycles. The number of allylic oxidation sites excluding steroid dienone is 3. The van der Waals surface area contributed by atoms with Crippen molar-refractivity contribution in [1.82, 2.24) is 28.7 Å². The zero-order chi connectivity index (χ0) is 44.7. The van der Waals surface area contributed by atoms with Crippen LogP contribution in [0.1, 0.15) is 26.3 Å². The van der Waals surface area contributed by atoms with Gasteiger partial charge in [0.15, 0.2) is 0 Å². The highest BCUT2D eigenvalue weighted by atomic mass is 17.2. The summed E-state index contributed by atoms with van der Waals surface area (Å²) in [4.78, 5) is 81.5. The first-order valence-electron chi connectivity index (χ1n) is 17.8. The lowest BCUT2D eigenvalue weighted by atomic mass is 10.1. The van der Waals surface area contributed by atoms with Gasteiger partial charge in [0, 0.05) is 0 Å². The third-order valence-electron chi connectivity index (χ3n) is 6.51. The minimum Gasteiger partial charge on any atom is -0.459 e. The quantitative estimate of drug-likeness (QED) is 0.0364. The summed E-state index contributed by atoms with van der Waals surface area (Å²) in [6, 6.07) is 4.83. The van der Waals surface area contributed by atoms with Crippen molar-refractivity contribution in [2.24, 2.45) is 0 Å². The molecular formula is C42H50N6O12. The zero-order valence-electron chi connectivity index (χ0n) is 33.4. The van der Waals surface area contributed by atoms with E-state index >= 15 is 0 Å². The van der Waals surface area contributed by atoms with Crippen LogP contribution in [0.2, 0.25) is 0 Å². The van der Waals surface area contributed by atoms with Crippen LogP contribution in [0.15, 0.2) is 146 Å². The van der Waals surface area contributed by atoms with Gasteiger partial charge in [-0.25, -0.2) is 47.4 Å². The van der Waals surface area contributed by atoms with E-state index in [0.717, 1.165) is 13.7 Å². The summed E-state index contributed by atoms with van der Waals surface area (Å²) in [5.41, 5.74) is -1.03. The topological polar surface area (TPSA) is 203 Å². The Morgan fingerprint density at radius 2 is 0.800 bits per heavy atom. The van der Waals surface area contributed by atoms with E-state index in [0.29, 0.717) is 5.56 Å². The summed E-state index contributed by atoms with van der Waals surface area (Å²) < 4.78 is 28.4. The van der Waals surface area contributed by atoms with E-state index in [9.17, 15) is 24.0 Å². The van der Waals surface area contributed by atoms with Crippen molar-refractivity contribution in [3.05, 3.63) is 180 Å². The summed E-state index contributed by atoms with van der Waals surface area (Å²) in [5, 5.41) is 0. The summed E-state index contributed by atoms with van der Waals surface area (Å²) in [6.07, 6.45) is 13.4. The molecule has 3 aromatic rings. The minimum atomic E-state index is -0.662. The molecule has 0 aliphatic rings. The Balaban J connectivity index is 0.000000457. The molecule has 0 saturated carbocycles. The number of rotatable bonds is 26. The molecule has 18 nitrogen and oxygen atoms in total. The molecule has 0 radical (unpaired) electrons. The molecule has 0 spiro atoms. The van der Waals surface area contributed by atoms with Crippen LogP contribution in [0.25, 0.3) is 0 Å². The zero-order valence-corrected chi connectivity index (χ0v) is 33.4. The van der Waals surface area contributed by atoms with Gasteiger partial charge < -0.3 is 23.7 Å². The first kappa shape index (κ1) is 50.6. The molecule has 0 unspecified atom stereocenters. The number of nitrogens with zero attached hydrogens (tertiary/aromatic N) is 6. The van der Waals surface area contributed by atoms with Gasteiger partial charge in [0.2, 0.25) is 0 Å². The van der Waals surface area contributed by atoms with Gasteiger partial charge in [-0.05, 0) is 23.8 Å². The van der Waals surface area contributed by atoms with Crippen molar-refractivity contribution in [3.63, 3.8) is 0 Å². The van der Waals surface area contributed by atoms with Crippen molar-refractivity contribution in [3.8, 4) is 18.0 Å². The maximum absolute atomic E-state index is 12.0. The van der Waals surface area contributed by atoms with E-state index in [-0.39, 0.29) is 95.0 Å². The summed E-state index contributed by atoms with van der Waals surface area (Å²) >= 11 is 0. The molecule has 2 heterocycles. The molecule has 0 N–H and O–H groups in total. The lowest BCUT2D eigenvalue weighted by Crippen LogP contribution is -2.54. The standard InChI is InChI=1S/C18H20O6.2C12H15N3O3/c1-4-7-21-17(19)15-10-14(13-24-23-9-6-3)11-16(12-15)18(20)22-8-5-2;1-4-7-16-10-13-11(17-8-5-2)15-12(14-10)18-9-6-3;1-4-7-13-10(16)14(8-5-2)12(18)15(9-6-3)11(13)17/h4-6,10-12H,1-3,7-9,13H2;2*4-6H,1-3,7-9H2. The Morgan fingerprint density at radius 1 is 0.467 bits per heavy atom. The minimum absolute atomic E-state index is 0.0398. The molecule has 320 valence electrons. The van der Waals surface area contributed by atoms with Crippen molar-refractivity contribution in [2.75, 3.05) is 39.6 Å². The van der Waals surface area contributed by atoms with E-state index in [1.165, 1.54) is 42.5 Å². The number of hydrogen-bond donors (Lipinski definition) is 0. The normalized spacial score (nSPS) is 9.73. The number of benzene rings is 1. The van der Waals surface area contributed by atoms with Gasteiger partial charge in [-0.1, -0.05) is 87.6 Å². The molecule has 0 fully saturated rings. The third kappa shape index (κ3) is 17.8. The molecule has 0 amide bonds. The number of hydrogen-bond acceptors (Lipinski definition) is 15. The van der Waals surface area contributed by atoms with E-state index in [1.807, 2.05) is 0 Å². The van der Waals surface area contributed by atoms with Crippen LogP contribution < -0.4 is 31.3 Å². The molecule has 3 rings (SSSR count). The second-order valence-corrected chi connectivity index (χ2v) is 11.1. The lowest BCUT2D eigenvalue weighted by molar-refractivity contribution is -0.295. The van der Waals surface area contributed by atoms with Crippen LogP contribution >= 0.6 is 0 Å². The summed E-state index contributed by atoms with van der Waals surface area (Å²) in [6.45, 7) is 32.9. The monoisotopic (exact) mass is 830 g/mol. The van der Waals surface area contributed by atoms with E-state index < -0.39 is 29.0 Å². The van der Waals surface area contributed by atoms with Crippen molar-refractivity contribution in [1.29, 1.82) is 0 Å². The SMILES string of the molecule is C=CCOOCc1cc(C(=O)OCC=C)cc(C(=O)OCC=C)c1.C=CCOc1nc(OCC=C)nc(OCC=C)n1.C=CCn1c(=O)n(CC=C)c(=O)n(CC=C)c1=O. The summed E-state index contributed by atoms with van der Waals surface area (Å²) in [7, 11) is 0. The van der Waals surface area contributed by atoms with E-state index in [2.05, 4.69) is 74.2 Å². The van der Waals surface area contributed by atoms with Gasteiger partial charge in [-0.2, -0.15) is 0 Å². The predicted octanol–water partition coefficient (Wildman–Crippen LogP) is 4.30. The van der Waals surface area contributed by atoms with Gasteiger partial charge in [-0.3, -0.25) is 0 Å². The van der Waals surface area contributed by atoms with Crippen LogP contribution in [-0.2, 0) is 45.5 Å². The lowest BCUT2D eigenvalue weighted by Gasteiger charge is -2.10. The first-order valence-corrected chi connectivity index (χ1v) is 17.8. The molecule has 0 saturated heterocycles. The molecule has 0 aliphatic heterocycles. The molecular weight excluding hydrogens is 780 g/mol. The van der Waals surface area contributed by atoms with E-state index in [1.54, 1.807) is 30.4 Å². The summed E-state index contributed by atoms with van der Waals surface area (Å²) in [5.74, 6) is -1.16. The van der Waals surface area contributed by atoms with Gasteiger partial charge in [-0.15, -0.1) is 41.3 Å². The second-order valence-electron chi connectivity index (χ2n) is 11.1. The van der Waals surface area contributed by atoms with E-state index in [4.69, 9.17) is 33.5 Å². The Labute approximate surface area is 347 Å². The van der Waals surface area contributed by atoms with Crippen LogP contribution in [-0.4, -0.2) is 80.2 Å². The Morgan fingerprint density at radius 3 is 1.10 bits per heavy atom. The number of esters is 2. The highest BCUT2D eigenvalue weighted by Gasteiger charge is 2.16. The Hall–Kier alpha value is -7.44.